The summed E-state index contributed by atoms with van der Waals surface area (Å²) in [7, 11) is 0. The van der Waals surface area contributed by atoms with Crippen molar-refractivity contribution in [2.75, 3.05) is 6.61 Å². The summed E-state index contributed by atoms with van der Waals surface area (Å²) < 4.78 is 5.86. The Balaban J connectivity index is 1.45. The molecular formula is C36H42N4O5S. The van der Waals surface area contributed by atoms with Crippen LogP contribution < -0.4 is 15.4 Å². The molecule has 0 aliphatic rings. The Bertz CT molecular complexity index is 1650. The van der Waals surface area contributed by atoms with E-state index >= 15 is 0 Å². The maximum atomic E-state index is 13.1. The summed E-state index contributed by atoms with van der Waals surface area (Å²) in [6.45, 7) is 14.6. The van der Waals surface area contributed by atoms with Gasteiger partial charge in [-0.2, -0.15) is 0 Å². The topological polar surface area (TPSA) is 131 Å². The lowest BCUT2D eigenvalue weighted by Gasteiger charge is -2.20. The molecule has 0 radical (unpaired) electrons. The fraction of sp³-hybridized carbons (Fsp3) is 0.361. The highest BCUT2D eigenvalue weighted by atomic mass is 32.1. The van der Waals surface area contributed by atoms with Crippen LogP contribution in [0.2, 0.25) is 0 Å². The number of aromatic nitrogens is 2. The van der Waals surface area contributed by atoms with Crippen molar-refractivity contribution in [2.24, 2.45) is 5.41 Å². The van der Waals surface area contributed by atoms with Crippen molar-refractivity contribution in [2.45, 2.75) is 72.4 Å². The zero-order valence-corrected chi connectivity index (χ0v) is 28.2. The Kier molecular flexibility index (Phi) is 10.6. The van der Waals surface area contributed by atoms with Crippen LogP contribution in [-0.2, 0) is 21.4 Å². The number of ether oxygens (including phenoxy) is 1. The molecule has 0 saturated carbocycles. The lowest BCUT2D eigenvalue weighted by molar-refractivity contribution is -0.141. The number of benzene rings is 2. The number of hydrogen-bond acceptors (Lipinski definition) is 7. The van der Waals surface area contributed by atoms with Gasteiger partial charge in [-0.1, -0.05) is 77.9 Å². The van der Waals surface area contributed by atoms with Crippen molar-refractivity contribution < 1.29 is 24.2 Å². The van der Waals surface area contributed by atoms with Crippen LogP contribution in [0.4, 0.5) is 0 Å². The molecule has 2 unspecified atom stereocenters. The van der Waals surface area contributed by atoms with Gasteiger partial charge in [0, 0.05) is 34.8 Å². The van der Waals surface area contributed by atoms with Crippen LogP contribution in [-0.4, -0.2) is 51.5 Å². The highest BCUT2D eigenvalue weighted by molar-refractivity contribution is 7.14. The predicted octanol–water partition coefficient (Wildman–Crippen LogP) is 6.52. The molecule has 2 heterocycles. The second kappa shape index (κ2) is 14.2. The summed E-state index contributed by atoms with van der Waals surface area (Å²) >= 11 is 1.37. The summed E-state index contributed by atoms with van der Waals surface area (Å²) in [5.74, 6) is -0.767. The molecule has 0 aliphatic heterocycles. The molecule has 4 aromatic rings. The standard InChI is InChI=1S/C36H42N4O5S/c1-22(34(43)44)39-32(41)28(40-33(42)29-16-17-30(46-29)36(5,6)7)18-23-8-10-25(11-9-23)31-37-19-26(20-38-31)24-12-14-27(15-13-24)45-21-35(2,3)4/h8-17,19-20,22,28H,18,21H2,1-7H3,(H,39,41)(H,40,42)(H,43,44). The molecule has 2 atom stereocenters. The molecular weight excluding hydrogens is 600 g/mol. The van der Waals surface area contributed by atoms with E-state index in [1.807, 2.05) is 54.6 Å². The van der Waals surface area contributed by atoms with E-state index in [1.165, 1.54) is 18.3 Å². The number of carbonyl (C=O) groups is 3. The van der Waals surface area contributed by atoms with Gasteiger partial charge >= 0.3 is 5.97 Å². The zero-order valence-electron chi connectivity index (χ0n) is 27.4. The number of hydrogen-bond donors (Lipinski definition) is 3. The van der Waals surface area contributed by atoms with E-state index in [2.05, 4.69) is 62.1 Å². The summed E-state index contributed by atoms with van der Waals surface area (Å²) in [5, 5.41) is 14.6. The van der Waals surface area contributed by atoms with Gasteiger partial charge in [-0.15, -0.1) is 11.3 Å². The summed E-state index contributed by atoms with van der Waals surface area (Å²) in [6, 6.07) is 16.8. The van der Waals surface area contributed by atoms with Crippen LogP contribution in [0, 0.1) is 5.41 Å². The van der Waals surface area contributed by atoms with E-state index in [1.54, 1.807) is 18.5 Å². The SMILES string of the molecule is CC(NC(=O)C(Cc1ccc(-c2ncc(-c3ccc(OCC(C)(C)C)cc3)cn2)cc1)NC(=O)c1ccc(C(C)(C)C)s1)C(=O)O. The molecule has 2 amide bonds. The molecule has 0 aliphatic carbocycles. The van der Waals surface area contributed by atoms with Crippen molar-refractivity contribution in [1.29, 1.82) is 0 Å². The minimum absolute atomic E-state index is 0.0778. The maximum absolute atomic E-state index is 13.1. The largest absolute Gasteiger partial charge is 0.493 e. The molecule has 4 rings (SSSR count). The number of carboxylic acids is 1. The highest BCUT2D eigenvalue weighted by Gasteiger charge is 2.26. The van der Waals surface area contributed by atoms with Crippen LogP contribution in [0.3, 0.4) is 0 Å². The van der Waals surface area contributed by atoms with Gasteiger partial charge in [0.05, 0.1) is 11.5 Å². The third kappa shape index (κ3) is 9.47. The molecule has 0 fully saturated rings. The first kappa shape index (κ1) is 34.3. The van der Waals surface area contributed by atoms with Crippen LogP contribution in [0.25, 0.3) is 22.5 Å². The molecule has 0 saturated heterocycles. The molecule has 10 heteroatoms. The summed E-state index contributed by atoms with van der Waals surface area (Å²) in [4.78, 5) is 48.3. The molecule has 2 aromatic carbocycles. The first-order valence-corrected chi connectivity index (χ1v) is 16.0. The average Bonchev–Trinajstić information content (AvgIpc) is 3.52. The van der Waals surface area contributed by atoms with Gasteiger partial charge in [0.25, 0.3) is 5.91 Å². The lowest BCUT2D eigenvalue weighted by atomic mass is 9.95. The fourth-order valence-corrected chi connectivity index (χ4v) is 5.34. The quantitative estimate of drug-likeness (QED) is 0.170. The Morgan fingerprint density at radius 1 is 0.826 bits per heavy atom. The van der Waals surface area contributed by atoms with Crippen molar-refractivity contribution in [1.82, 2.24) is 20.6 Å². The number of aliphatic carboxylic acids is 1. The fourth-order valence-electron chi connectivity index (χ4n) is 4.37. The molecule has 3 N–H and O–H groups in total. The van der Waals surface area contributed by atoms with Gasteiger partial charge in [-0.05, 0) is 53.1 Å². The molecule has 0 spiro atoms. The number of nitrogens with one attached hydrogen (secondary N) is 2. The second-order valence-corrected chi connectivity index (χ2v) is 14.7. The Morgan fingerprint density at radius 3 is 1.98 bits per heavy atom. The van der Waals surface area contributed by atoms with Gasteiger partial charge < -0.3 is 20.5 Å². The number of carbonyl (C=O) groups excluding carboxylic acids is 2. The van der Waals surface area contributed by atoms with Gasteiger partial charge in [0.1, 0.15) is 17.8 Å². The average molecular weight is 643 g/mol. The normalized spacial score (nSPS) is 13.0. The summed E-state index contributed by atoms with van der Waals surface area (Å²) in [6.07, 6.45) is 3.71. The Hall–Kier alpha value is -4.57. The van der Waals surface area contributed by atoms with Gasteiger partial charge in [-0.3, -0.25) is 14.4 Å². The maximum Gasteiger partial charge on any atom is 0.325 e. The van der Waals surface area contributed by atoms with E-state index in [-0.39, 0.29) is 23.2 Å². The molecule has 46 heavy (non-hydrogen) atoms. The monoisotopic (exact) mass is 642 g/mol. The third-order valence-electron chi connectivity index (χ3n) is 7.08. The third-order valence-corrected chi connectivity index (χ3v) is 8.59. The lowest BCUT2D eigenvalue weighted by Crippen LogP contribution is -2.51. The van der Waals surface area contributed by atoms with Gasteiger partial charge in [0.2, 0.25) is 5.91 Å². The van der Waals surface area contributed by atoms with E-state index in [0.717, 1.165) is 32.9 Å². The second-order valence-electron chi connectivity index (χ2n) is 13.6. The number of carboxylic acid groups (broad SMARTS) is 1. The molecule has 9 nitrogen and oxygen atoms in total. The first-order chi connectivity index (χ1) is 21.6. The predicted molar refractivity (Wildman–Crippen MR) is 181 cm³/mol. The first-order valence-electron chi connectivity index (χ1n) is 15.2. The van der Waals surface area contributed by atoms with E-state index in [4.69, 9.17) is 4.74 Å². The molecule has 2 aromatic heterocycles. The van der Waals surface area contributed by atoms with Crippen molar-refractivity contribution >= 4 is 29.1 Å². The van der Waals surface area contributed by atoms with Crippen LogP contribution in [0.15, 0.2) is 73.1 Å². The van der Waals surface area contributed by atoms with E-state index < -0.39 is 24.0 Å². The van der Waals surface area contributed by atoms with Crippen molar-refractivity contribution in [3.05, 3.63) is 88.4 Å². The number of rotatable bonds is 11. The van der Waals surface area contributed by atoms with E-state index in [9.17, 15) is 19.5 Å². The highest BCUT2D eigenvalue weighted by Crippen LogP contribution is 2.30. The van der Waals surface area contributed by atoms with E-state index in [0.29, 0.717) is 17.3 Å². The minimum atomic E-state index is -1.16. The van der Waals surface area contributed by atoms with Gasteiger partial charge in [0.15, 0.2) is 5.82 Å². The summed E-state index contributed by atoms with van der Waals surface area (Å²) in [5.41, 5.74) is 3.39. The van der Waals surface area contributed by atoms with Crippen molar-refractivity contribution in [3.63, 3.8) is 0 Å². The molecule has 242 valence electrons. The Morgan fingerprint density at radius 2 is 1.43 bits per heavy atom. The Labute approximate surface area is 274 Å². The van der Waals surface area contributed by atoms with Gasteiger partial charge in [-0.25, -0.2) is 9.97 Å². The zero-order chi connectivity index (χ0) is 33.6. The smallest absolute Gasteiger partial charge is 0.325 e. The van der Waals surface area contributed by atoms with Crippen molar-refractivity contribution in [3.8, 4) is 28.3 Å². The number of thiophene rings is 1. The van der Waals surface area contributed by atoms with Crippen LogP contribution in [0.5, 0.6) is 5.75 Å². The van der Waals surface area contributed by atoms with Crippen LogP contribution in [0.1, 0.15) is 68.6 Å². The molecule has 0 bridgehead atoms. The minimum Gasteiger partial charge on any atom is -0.493 e. The number of amides is 2. The van der Waals surface area contributed by atoms with Crippen LogP contribution >= 0.6 is 11.3 Å². The number of nitrogens with zero attached hydrogens (tertiary/aromatic N) is 2.